The zero-order chi connectivity index (χ0) is 13.0. The number of rotatable bonds is 4. The molecule has 100 valence electrons. The van der Waals surface area contributed by atoms with Crippen LogP contribution >= 0.6 is 0 Å². The summed E-state index contributed by atoms with van der Waals surface area (Å²) in [7, 11) is 5.48. The van der Waals surface area contributed by atoms with Gasteiger partial charge in [-0.2, -0.15) is 0 Å². The zero-order valence-corrected chi connectivity index (χ0v) is 10.3. The van der Waals surface area contributed by atoms with Crippen molar-refractivity contribution in [1.82, 2.24) is 0 Å². The lowest BCUT2D eigenvalue weighted by Crippen LogP contribution is -2.61. The monoisotopic (exact) mass is 250 g/mol. The number of hydrogen-bond acceptors (Lipinski definition) is 7. The van der Waals surface area contributed by atoms with Gasteiger partial charge in [0.15, 0.2) is 12.4 Å². The molecule has 5 atom stereocenters. The van der Waals surface area contributed by atoms with Crippen LogP contribution in [0.5, 0.6) is 0 Å². The van der Waals surface area contributed by atoms with Crippen molar-refractivity contribution < 1.29 is 33.6 Å². The SMILES string of the molecule is COC(=O)[C@H]1O[C@H](OC)[C@H](OC)[C@@H](OC)[C@@H]1O. The van der Waals surface area contributed by atoms with Gasteiger partial charge in [0.05, 0.1) is 7.11 Å². The summed E-state index contributed by atoms with van der Waals surface area (Å²) in [4.78, 5) is 11.4. The van der Waals surface area contributed by atoms with Crippen LogP contribution in [0.4, 0.5) is 0 Å². The third-order valence-electron chi connectivity index (χ3n) is 2.73. The minimum absolute atomic E-state index is 0.624. The topological polar surface area (TPSA) is 83.5 Å². The maximum atomic E-state index is 11.4. The number of ether oxygens (including phenoxy) is 5. The Hall–Kier alpha value is -0.730. The molecule has 1 aliphatic rings. The van der Waals surface area contributed by atoms with Gasteiger partial charge < -0.3 is 28.8 Å². The molecular formula is C10H18O7. The normalized spacial score (nSPS) is 37.8. The number of aliphatic hydroxyl groups is 1. The van der Waals surface area contributed by atoms with Crippen LogP contribution in [-0.2, 0) is 28.5 Å². The van der Waals surface area contributed by atoms with Crippen LogP contribution < -0.4 is 0 Å². The first-order valence-electron chi connectivity index (χ1n) is 5.10. The molecule has 1 N–H and O–H groups in total. The van der Waals surface area contributed by atoms with Crippen LogP contribution in [0.15, 0.2) is 0 Å². The van der Waals surface area contributed by atoms with Gasteiger partial charge in [0.25, 0.3) is 0 Å². The Morgan fingerprint density at radius 1 is 1.06 bits per heavy atom. The van der Waals surface area contributed by atoms with Crippen molar-refractivity contribution in [3.63, 3.8) is 0 Å². The quantitative estimate of drug-likeness (QED) is 0.635. The van der Waals surface area contributed by atoms with Crippen molar-refractivity contribution in [2.24, 2.45) is 0 Å². The van der Waals surface area contributed by atoms with Crippen LogP contribution in [0, 0.1) is 0 Å². The molecule has 1 heterocycles. The fourth-order valence-corrected chi connectivity index (χ4v) is 1.84. The Morgan fingerprint density at radius 2 is 1.65 bits per heavy atom. The Bertz CT molecular complexity index is 257. The minimum atomic E-state index is -1.18. The fraction of sp³-hybridized carbons (Fsp3) is 0.900. The molecule has 17 heavy (non-hydrogen) atoms. The number of aliphatic hydroxyl groups excluding tert-OH is 1. The largest absolute Gasteiger partial charge is 0.467 e. The summed E-state index contributed by atoms with van der Waals surface area (Å²) < 4.78 is 25.1. The summed E-state index contributed by atoms with van der Waals surface area (Å²) in [6.07, 6.45) is -4.49. The lowest BCUT2D eigenvalue weighted by Gasteiger charge is -2.41. The van der Waals surface area contributed by atoms with Gasteiger partial charge in [-0.3, -0.25) is 0 Å². The fourth-order valence-electron chi connectivity index (χ4n) is 1.84. The van der Waals surface area contributed by atoms with E-state index in [-0.39, 0.29) is 0 Å². The van der Waals surface area contributed by atoms with Crippen molar-refractivity contribution in [1.29, 1.82) is 0 Å². The van der Waals surface area contributed by atoms with E-state index in [9.17, 15) is 9.90 Å². The minimum Gasteiger partial charge on any atom is -0.467 e. The second-order valence-electron chi connectivity index (χ2n) is 3.58. The molecule has 0 aliphatic carbocycles. The van der Waals surface area contributed by atoms with Crippen LogP contribution in [0.3, 0.4) is 0 Å². The van der Waals surface area contributed by atoms with E-state index in [4.69, 9.17) is 18.9 Å². The number of carbonyl (C=O) groups is 1. The molecule has 0 saturated carbocycles. The molecule has 0 aromatic carbocycles. The van der Waals surface area contributed by atoms with Gasteiger partial charge in [0, 0.05) is 21.3 Å². The molecule has 1 fully saturated rings. The standard InChI is InChI=1S/C10H18O7/c1-13-6-5(11)7(9(12)15-3)17-10(16-4)8(6)14-2/h5-8,10-11H,1-4H3/t5-,6-,7-,8+,10-/m0/s1. The van der Waals surface area contributed by atoms with E-state index in [1.807, 2.05) is 0 Å². The number of methoxy groups -OCH3 is 4. The first-order valence-corrected chi connectivity index (χ1v) is 5.10. The van der Waals surface area contributed by atoms with E-state index in [1.165, 1.54) is 28.4 Å². The number of carbonyl (C=O) groups excluding carboxylic acids is 1. The third-order valence-corrected chi connectivity index (χ3v) is 2.73. The van der Waals surface area contributed by atoms with E-state index in [0.29, 0.717) is 0 Å². The first kappa shape index (κ1) is 14.3. The maximum absolute atomic E-state index is 11.4. The molecule has 0 amide bonds. The molecule has 0 bridgehead atoms. The van der Waals surface area contributed by atoms with Gasteiger partial charge in [-0.25, -0.2) is 4.79 Å². The molecule has 0 aromatic rings. The summed E-state index contributed by atoms with van der Waals surface area (Å²) in [5.74, 6) is -0.684. The van der Waals surface area contributed by atoms with Crippen LogP contribution in [-0.4, -0.2) is 70.2 Å². The Morgan fingerprint density at radius 3 is 2.06 bits per heavy atom. The zero-order valence-electron chi connectivity index (χ0n) is 10.3. The highest BCUT2D eigenvalue weighted by atomic mass is 16.7. The van der Waals surface area contributed by atoms with Crippen LogP contribution in [0.25, 0.3) is 0 Å². The average Bonchev–Trinajstić information content (AvgIpc) is 2.36. The van der Waals surface area contributed by atoms with Gasteiger partial charge >= 0.3 is 5.97 Å². The van der Waals surface area contributed by atoms with Gasteiger partial charge in [-0.1, -0.05) is 0 Å². The van der Waals surface area contributed by atoms with E-state index >= 15 is 0 Å². The molecule has 0 unspecified atom stereocenters. The average molecular weight is 250 g/mol. The smallest absolute Gasteiger partial charge is 0.337 e. The Kier molecular flexibility index (Phi) is 5.29. The molecular weight excluding hydrogens is 232 g/mol. The van der Waals surface area contributed by atoms with E-state index in [0.717, 1.165) is 0 Å². The number of hydrogen-bond donors (Lipinski definition) is 1. The van der Waals surface area contributed by atoms with E-state index in [1.54, 1.807) is 0 Å². The predicted molar refractivity (Wildman–Crippen MR) is 55.3 cm³/mol. The van der Waals surface area contributed by atoms with Crippen LogP contribution in [0.2, 0.25) is 0 Å². The summed E-state index contributed by atoms with van der Waals surface area (Å²) in [5.41, 5.74) is 0. The highest BCUT2D eigenvalue weighted by Gasteiger charge is 2.49. The molecule has 1 rings (SSSR count). The second kappa shape index (κ2) is 6.27. The maximum Gasteiger partial charge on any atom is 0.337 e. The van der Waals surface area contributed by atoms with E-state index in [2.05, 4.69) is 4.74 Å². The predicted octanol–water partition coefficient (Wildman–Crippen LogP) is -1.08. The van der Waals surface area contributed by atoms with Gasteiger partial charge in [-0.15, -0.1) is 0 Å². The van der Waals surface area contributed by atoms with Crippen molar-refractivity contribution in [2.45, 2.75) is 30.7 Å². The van der Waals surface area contributed by atoms with Gasteiger partial charge in [0.2, 0.25) is 0 Å². The lowest BCUT2D eigenvalue weighted by atomic mass is 9.98. The Labute approximate surface area is 99.5 Å². The molecule has 7 heteroatoms. The van der Waals surface area contributed by atoms with Gasteiger partial charge in [0.1, 0.15) is 18.3 Å². The number of esters is 1. The van der Waals surface area contributed by atoms with Crippen molar-refractivity contribution >= 4 is 5.97 Å². The molecule has 1 aliphatic heterocycles. The molecule has 0 radical (unpaired) electrons. The van der Waals surface area contributed by atoms with E-state index < -0.39 is 36.7 Å². The first-order chi connectivity index (χ1) is 8.10. The Balaban J connectivity index is 2.89. The summed E-state index contributed by atoms with van der Waals surface area (Å²) in [6.45, 7) is 0. The highest BCUT2D eigenvalue weighted by molar-refractivity contribution is 5.75. The van der Waals surface area contributed by atoms with Crippen LogP contribution in [0.1, 0.15) is 0 Å². The molecule has 0 aromatic heterocycles. The van der Waals surface area contributed by atoms with Crippen molar-refractivity contribution in [2.75, 3.05) is 28.4 Å². The van der Waals surface area contributed by atoms with Crippen molar-refractivity contribution in [3.8, 4) is 0 Å². The highest BCUT2D eigenvalue weighted by Crippen LogP contribution is 2.26. The summed E-state index contributed by atoms with van der Waals surface area (Å²) in [6, 6.07) is 0. The third kappa shape index (κ3) is 2.75. The summed E-state index contributed by atoms with van der Waals surface area (Å²) >= 11 is 0. The van der Waals surface area contributed by atoms with Crippen molar-refractivity contribution in [3.05, 3.63) is 0 Å². The molecule has 0 spiro atoms. The summed E-state index contributed by atoms with van der Waals surface area (Å²) in [5, 5.41) is 9.96. The van der Waals surface area contributed by atoms with Gasteiger partial charge in [-0.05, 0) is 0 Å². The molecule has 1 saturated heterocycles. The molecule has 7 nitrogen and oxygen atoms in total. The lowest BCUT2D eigenvalue weighted by molar-refractivity contribution is -0.296. The second-order valence-corrected chi connectivity index (χ2v) is 3.58.